The molecule has 4 rings (SSSR count). The molecule has 0 saturated carbocycles. The zero-order valence-electron chi connectivity index (χ0n) is 27.1. The van der Waals surface area contributed by atoms with Gasteiger partial charge in [-0.15, -0.1) is 0 Å². The lowest BCUT2D eigenvalue weighted by Crippen LogP contribution is -2.37. The summed E-state index contributed by atoms with van der Waals surface area (Å²) < 4.78 is 34.2. The highest BCUT2D eigenvalue weighted by molar-refractivity contribution is 7.90. The quantitative estimate of drug-likeness (QED) is 0.122. The van der Waals surface area contributed by atoms with Gasteiger partial charge in [-0.2, -0.15) is 0 Å². The van der Waals surface area contributed by atoms with Gasteiger partial charge in [-0.25, -0.2) is 13.1 Å². The zero-order valence-corrected chi connectivity index (χ0v) is 27.9. The van der Waals surface area contributed by atoms with Gasteiger partial charge in [0.05, 0.1) is 7.11 Å². The van der Waals surface area contributed by atoms with E-state index in [1.54, 1.807) is 24.3 Å². The van der Waals surface area contributed by atoms with Crippen LogP contribution in [0.5, 0.6) is 5.75 Å². The van der Waals surface area contributed by atoms with Gasteiger partial charge < -0.3 is 10.1 Å². The number of rotatable bonds is 16. The SMILES string of the molecule is CCCCC(=O)Nc1ccc(-c2ccc(C(=O)CC(CCc3ccccc3)C(=O)NS(=O)(=O)c3ccc(CC)cc3OC)cc2)cc1. The Balaban J connectivity index is 1.48. The smallest absolute Gasteiger partial charge is 0.267 e. The Morgan fingerprint density at radius 3 is 2.09 bits per heavy atom. The van der Waals surface area contributed by atoms with Gasteiger partial charge in [0.1, 0.15) is 10.6 Å². The first kappa shape index (κ1) is 35.1. The van der Waals surface area contributed by atoms with Gasteiger partial charge >= 0.3 is 0 Å². The highest BCUT2D eigenvalue weighted by Crippen LogP contribution is 2.27. The predicted octanol–water partition coefficient (Wildman–Crippen LogP) is 7.38. The number of unbranched alkanes of at least 4 members (excludes halogenated alkanes) is 1. The van der Waals surface area contributed by atoms with Crippen LogP contribution in [0.3, 0.4) is 0 Å². The third kappa shape index (κ3) is 9.86. The molecule has 4 aromatic carbocycles. The normalized spacial score (nSPS) is 11.8. The maximum atomic E-state index is 13.5. The summed E-state index contributed by atoms with van der Waals surface area (Å²) >= 11 is 0. The molecule has 0 aliphatic heterocycles. The lowest BCUT2D eigenvalue weighted by molar-refractivity contribution is -0.123. The standard InChI is InChI=1S/C38H42N2O6S/c1-4-6-12-37(42)39-33-22-20-30(21-23-33)29-16-18-31(19-17-29)34(41)26-32(15-13-28-10-8-7-9-11-28)38(43)40-47(44,45)36-24-14-27(5-2)25-35(36)46-3/h7-11,14,16-25,32H,4-6,12-13,15,26H2,1-3H3,(H,39,42)(H,40,43). The average Bonchev–Trinajstić information content (AvgIpc) is 3.09. The molecule has 0 fully saturated rings. The van der Waals surface area contributed by atoms with Crippen LogP contribution in [0, 0.1) is 5.92 Å². The molecule has 2 N–H and O–H groups in total. The van der Waals surface area contributed by atoms with Crippen LogP contribution < -0.4 is 14.8 Å². The predicted molar refractivity (Wildman–Crippen MR) is 185 cm³/mol. The van der Waals surface area contributed by atoms with Crippen molar-refractivity contribution in [3.05, 3.63) is 114 Å². The third-order valence-electron chi connectivity index (χ3n) is 8.05. The van der Waals surface area contributed by atoms with Gasteiger partial charge in [-0.3, -0.25) is 14.4 Å². The van der Waals surface area contributed by atoms with E-state index < -0.39 is 21.8 Å². The van der Waals surface area contributed by atoms with Crippen LogP contribution in [-0.2, 0) is 32.5 Å². The molecule has 246 valence electrons. The molecule has 0 heterocycles. The molecule has 4 aromatic rings. The minimum Gasteiger partial charge on any atom is -0.495 e. The number of carbonyl (C=O) groups is 3. The molecule has 0 aromatic heterocycles. The number of nitrogens with one attached hydrogen (secondary N) is 2. The number of ether oxygens (including phenoxy) is 1. The van der Waals surface area contributed by atoms with E-state index in [-0.39, 0.29) is 35.2 Å². The van der Waals surface area contributed by atoms with Crippen LogP contribution in [0.2, 0.25) is 0 Å². The highest BCUT2D eigenvalue weighted by atomic mass is 32.2. The second-order valence-electron chi connectivity index (χ2n) is 11.5. The number of aryl methyl sites for hydroxylation is 2. The van der Waals surface area contributed by atoms with Crippen molar-refractivity contribution < 1.29 is 27.5 Å². The molecule has 0 spiro atoms. The number of ketones is 1. The molecule has 0 aliphatic rings. The molecule has 2 amide bonds. The summed E-state index contributed by atoms with van der Waals surface area (Å²) in [6.07, 6.45) is 3.59. The second kappa shape index (κ2) is 16.7. The number of carbonyl (C=O) groups excluding carboxylic acids is 3. The van der Waals surface area contributed by atoms with Crippen molar-refractivity contribution in [2.24, 2.45) is 5.92 Å². The van der Waals surface area contributed by atoms with Gasteiger partial charge in [-0.05, 0) is 72.2 Å². The number of hydrogen-bond donors (Lipinski definition) is 2. The number of hydrogen-bond acceptors (Lipinski definition) is 6. The topological polar surface area (TPSA) is 119 Å². The molecular formula is C38H42N2O6S. The molecule has 0 saturated heterocycles. The average molecular weight is 655 g/mol. The monoisotopic (exact) mass is 654 g/mol. The van der Waals surface area contributed by atoms with Crippen LogP contribution in [0.4, 0.5) is 5.69 Å². The minimum atomic E-state index is -4.27. The Kier molecular flexibility index (Phi) is 12.5. The van der Waals surface area contributed by atoms with Crippen LogP contribution >= 0.6 is 0 Å². The van der Waals surface area contributed by atoms with Crippen LogP contribution in [0.1, 0.15) is 67.4 Å². The van der Waals surface area contributed by atoms with Gasteiger partial charge in [0.2, 0.25) is 11.8 Å². The number of anilines is 1. The summed E-state index contributed by atoms with van der Waals surface area (Å²) in [7, 11) is -2.88. The Labute approximate surface area is 277 Å². The summed E-state index contributed by atoms with van der Waals surface area (Å²) in [5, 5.41) is 2.90. The number of benzene rings is 4. The lowest BCUT2D eigenvalue weighted by atomic mass is 9.91. The van der Waals surface area contributed by atoms with Crippen molar-refractivity contribution in [2.45, 2.75) is 63.7 Å². The van der Waals surface area contributed by atoms with Crippen molar-refractivity contribution in [3.8, 4) is 16.9 Å². The van der Waals surface area contributed by atoms with E-state index in [9.17, 15) is 22.8 Å². The van der Waals surface area contributed by atoms with Gasteiger partial charge in [0, 0.05) is 30.0 Å². The molecule has 0 radical (unpaired) electrons. The summed E-state index contributed by atoms with van der Waals surface area (Å²) in [5.41, 5.74) is 4.83. The van der Waals surface area contributed by atoms with E-state index in [4.69, 9.17) is 4.74 Å². The molecule has 1 atom stereocenters. The Hall–Kier alpha value is -4.76. The summed E-state index contributed by atoms with van der Waals surface area (Å²) in [6.45, 7) is 3.99. The molecule has 1 unspecified atom stereocenters. The molecule has 8 nitrogen and oxygen atoms in total. The van der Waals surface area contributed by atoms with E-state index in [1.165, 1.54) is 13.2 Å². The fourth-order valence-corrected chi connectivity index (χ4v) is 6.43. The van der Waals surface area contributed by atoms with Crippen LogP contribution in [0.25, 0.3) is 11.1 Å². The van der Waals surface area contributed by atoms with E-state index >= 15 is 0 Å². The Bertz CT molecular complexity index is 1770. The summed E-state index contributed by atoms with van der Waals surface area (Å²) in [6, 6.07) is 28.9. The third-order valence-corrected chi connectivity index (χ3v) is 9.44. The van der Waals surface area contributed by atoms with E-state index in [0.717, 1.165) is 40.8 Å². The maximum Gasteiger partial charge on any atom is 0.267 e. The highest BCUT2D eigenvalue weighted by Gasteiger charge is 2.29. The van der Waals surface area contributed by atoms with Crippen molar-refractivity contribution in [1.82, 2.24) is 4.72 Å². The summed E-state index contributed by atoms with van der Waals surface area (Å²) in [5.74, 6) is -1.76. The molecule has 0 aliphatic carbocycles. The first-order chi connectivity index (χ1) is 22.6. The summed E-state index contributed by atoms with van der Waals surface area (Å²) in [4.78, 5) is 38.9. The van der Waals surface area contributed by atoms with Gasteiger partial charge in [0.25, 0.3) is 10.0 Å². The van der Waals surface area contributed by atoms with Gasteiger partial charge in [0.15, 0.2) is 5.78 Å². The number of Topliss-reactive ketones (excluding diaryl/α,β-unsaturated/α-hetero) is 1. The van der Waals surface area contributed by atoms with Crippen molar-refractivity contribution in [2.75, 3.05) is 12.4 Å². The van der Waals surface area contributed by atoms with E-state index in [0.29, 0.717) is 24.8 Å². The number of methoxy groups -OCH3 is 1. The first-order valence-electron chi connectivity index (χ1n) is 15.9. The van der Waals surface area contributed by atoms with Crippen LogP contribution in [-0.4, -0.2) is 33.1 Å². The van der Waals surface area contributed by atoms with Crippen LogP contribution in [0.15, 0.2) is 102 Å². The molecule has 47 heavy (non-hydrogen) atoms. The minimum absolute atomic E-state index is 0.0128. The zero-order chi connectivity index (χ0) is 33.8. The second-order valence-corrected chi connectivity index (χ2v) is 13.1. The van der Waals surface area contributed by atoms with Crippen molar-refractivity contribution in [3.63, 3.8) is 0 Å². The lowest BCUT2D eigenvalue weighted by Gasteiger charge is -2.18. The van der Waals surface area contributed by atoms with E-state index in [2.05, 4.69) is 10.0 Å². The Morgan fingerprint density at radius 1 is 0.809 bits per heavy atom. The molecule has 0 bridgehead atoms. The van der Waals surface area contributed by atoms with E-state index in [1.807, 2.05) is 80.6 Å². The fraction of sp³-hybridized carbons (Fsp3) is 0.289. The maximum absolute atomic E-state index is 13.5. The largest absolute Gasteiger partial charge is 0.495 e. The van der Waals surface area contributed by atoms with Crippen molar-refractivity contribution >= 4 is 33.3 Å². The number of amides is 2. The first-order valence-corrected chi connectivity index (χ1v) is 17.4. The Morgan fingerprint density at radius 2 is 1.47 bits per heavy atom. The molecule has 9 heteroatoms. The molecular weight excluding hydrogens is 612 g/mol. The number of sulfonamides is 1. The van der Waals surface area contributed by atoms with Crippen molar-refractivity contribution in [1.29, 1.82) is 0 Å². The fourth-order valence-electron chi connectivity index (χ4n) is 5.23. The van der Waals surface area contributed by atoms with Gasteiger partial charge in [-0.1, -0.05) is 93.1 Å².